The van der Waals surface area contributed by atoms with Crippen molar-refractivity contribution in [3.63, 3.8) is 0 Å². The van der Waals surface area contributed by atoms with Gasteiger partial charge in [-0.2, -0.15) is 0 Å². The lowest BCUT2D eigenvalue weighted by molar-refractivity contribution is -0.117. The van der Waals surface area contributed by atoms with Crippen LogP contribution >= 0.6 is 0 Å². The SMILES string of the molecule is CCC(=O)Nc1ccc(N2CCCC2=O)c(C)c1. The van der Waals surface area contributed by atoms with Crippen LogP contribution in [0.2, 0.25) is 0 Å². The van der Waals surface area contributed by atoms with E-state index in [0.717, 1.165) is 29.9 Å². The maximum absolute atomic E-state index is 11.7. The number of anilines is 2. The second kappa shape index (κ2) is 5.21. The zero-order valence-electron chi connectivity index (χ0n) is 10.8. The Labute approximate surface area is 107 Å². The fraction of sp³-hybridized carbons (Fsp3) is 0.429. The van der Waals surface area contributed by atoms with Crippen LogP contribution < -0.4 is 10.2 Å². The Kier molecular flexibility index (Phi) is 3.65. The lowest BCUT2D eigenvalue weighted by Crippen LogP contribution is -2.24. The van der Waals surface area contributed by atoms with Crippen LogP contribution in [-0.2, 0) is 9.59 Å². The molecule has 1 fully saturated rings. The molecule has 1 aromatic rings. The number of aryl methyl sites for hydroxylation is 1. The van der Waals surface area contributed by atoms with Crippen molar-refractivity contribution in [2.75, 3.05) is 16.8 Å². The minimum absolute atomic E-state index is 0.000557. The fourth-order valence-electron chi connectivity index (χ4n) is 2.19. The number of nitrogens with zero attached hydrogens (tertiary/aromatic N) is 1. The Morgan fingerprint density at radius 2 is 2.22 bits per heavy atom. The number of amides is 2. The van der Waals surface area contributed by atoms with Gasteiger partial charge in [0.05, 0.1) is 0 Å². The van der Waals surface area contributed by atoms with Crippen molar-refractivity contribution in [3.05, 3.63) is 23.8 Å². The molecule has 96 valence electrons. The van der Waals surface area contributed by atoms with E-state index in [-0.39, 0.29) is 11.8 Å². The summed E-state index contributed by atoms with van der Waals surface area (Å²) < 4.78 is 0. The van der Waals surface area contributed by atoms with Gasteiger partial charge in [0.15, 0.2) is 0 Å². The summed E-state index contributed by atoms with van der Waals surface area (Å²) in [7, 11) is 0. The van der Waals surface area contributed by atoms with E-state index < -0.39 is 0 Å². The molecule has 1 aliphatic rings. The molecule has 1 heterocycles. The van der Waals surface area contributed by atoms with Crippen LogP contribution in [0.1, 0.15) is 31.7 Å². The fourth-order valence-corrected chi connectivity index (χ4v) is 2.19. The highest BCUT2D eigenvalue weighted by Crippen LogP contribution is 2.27. The molecule has 0 saturated carbocycles. The third kappa shape index (κ3) is 2.53. The highest BCUT2D eigenvalue weighted by molar-refractivity contribution is 5.97. The molecule has 1 aromatic carbocycles. The van der Waals surface area contributed by atoms with Gasteiger partial charge < -0.3 is 10.2 Å². The Balaban J connectivity index is 2.19. The maximum Gasteiger partial charge on any atom is 0.227 e. The lowest BCUT2D eigenvalue weighted by Gasteiger charge is -2.19. The van der Waals surface area contributed by atoms with Crippen LogP contribution in [0.5, 0.6) is 0 Å². The first kappa shape index (κ1) is 12.6. The van der Waals surface area contributed by atoms with E-state index in [9.17, 15) is 9.59 Å². The van der Waals surface area contributed by atoms with Gasteiger partial charge in [0.2, 0.25) is 11.8 Å². The van der Waals surface area contributed by atoms with Gasteiger partial charge in [0.1, 0.15) is 0 Å². The van der Waals surface area contributed by atoms with E-state index in [1.54, 1.807) is 0 Å². The molecule has 1 saturated heterocycles. The van der Waals surface area contributed by atoms with Gasteiger partial charge in [-0.15, -0.1) is 0 Å². The van der Waals surface area contributed by atoms with E-state index in [0.29, 0.717) is 12.8 Å². The molecule has 18 heavy (non-hydrogen) atoms. The van der Waals surface area contributed by atoms with Crippen molar-refractivity contribution in [1.82, 2.24) is 0 Å². The first-order valence-corrected chi connectivity index (χ1v) is 6.32. The van der Waals surface area contributed by atoms with Gasteiger partial charge in [-0.3, -0.25) is 9.59 Å². The molecule has 0 radical (unpaired) electrons. The molecule has 4 heteroatoms. The number of hydrogen-bond acceptors (Lipinski definition) is 2. The van der Waals surface area contributed by atoms with E-state index in [1.165, 1.54) is 0 Å². The third-order valence-electron chi connectivity index (χ3n) is 3.17. The number of rotatable bonds is 3. The largest absolute Gasteiger partial charge is 0.326 e. The molecule has 2 amide bonds. The zero-order chi connectivity index (χ0) is 13.1. The standard InChI is InChI=1S/C14H18N2O2/c1-3-13(17)15-11-6-7-12(10(2)9-11)16-8-4-5-14(16)18/h6-7,9H,3-5,8H2,1-2H3,(H,15,17). The maximum atomic E-state index is 11.7. The van der Waals surface area contributed by atoms with Crippen LogP contribution in [0.15, 0.2) is 18.2 Å². The number of benzene rings is 1. The van der Waals surface area contributed by atoms with Crippen molar-refractivity contribution < 1.29 is 9.59 Å². The summed E-state index contributed by atoms with van der Waals surface area (Å²) in [5.41, 5.74) is 2.75. The Hall–Kier alpha value is -1.84. The Morgan fingerprint density at radius 3 is 2.78 bits per heavy atom. The molecule has 0 spiro atoms. The number of nitrogens with one attached hydrogen (secondary N) is 1. The highest BCUT2D eigenvalue weighted by Gasteiger charge is 2.22. The summed E-state index contributed by atoms with van der Waals surface area (Å²) in [6.45, 7) is 4.57. The average Bonchev–Trinajstić information content (AvgIpc) is 2.75. The van der Waals surface area contributed by atoms with E-state index in [2.05, 4.69) is 5.32 Å². The summed E-state index contributed by atoms with van der Waals surface area (Å²) >= 11 is 0. The first-order chi connectivity index (χ1) is 8.61. The van der Waals surface area contributed by atoms with Crippen LogP contribution in [-0.4, -0.2) is 18.4 Å². The quantitative estimate of drug-likeness (QED) is 0.890. The topological polar surface area (TPSA) is 49.4 Å². The van der Waals surface area contributed by atoms with Crippen molar-refractivity contribution in [3.8, 4) is 0 Å². The van der Waals surface area contributed by atoms with Crippen molar-refractivity contribution in [2.24, 2.45) is 0 Å². The predicted molar refractivity (Wildman–Crippen MR) is 71.7 cm³/mol. The van der Waals surface area contributed by atoms with Crippen LogP contribution in [0.25, 0.3) is 0 Å². The first-order valence-electron chi connectivity index (χ1n) is 6.32. The van der Waals surface area contributed by atoms with Crippen LogP contribution in [0, 0.1) is 6.92 Å². The van der Waals surface area contributed by atoms with E-state index in [1.807, 2.05) is 36.9 Å². The Bertz CT molecular complexity index is 483. The van der Waals surface area contributed by atoms with Gasteiger partial charge in [0.25, 0.3) is 0 Å². The molecule has 0 aliphatic carbocycles. The average molecular weight is 246 g/mol. The third-order valence-corrected chi connectivity index (χ3v) is 3.17. The van der Waals surface area contributed by atoms with Crippen molar-refractivity contribution in [2.45, 2.75) is 33.1 Å². The predicted octanol–water partition coefficient (Wildman–Crippen LogP) is 2.47. The number of hydrogen-bond donors (Lipinski definition) is 1. The Morgan fingerprint density at radius 1 is 1.44 bits per heavy atom. The van der Waals surface area contributed by atoms with E-state index in [4.69, 9.17) is 0 Å². The van der Waals surface area contributed by atoms with Gasteiger partial charge in [0, 0.05) is 30.8 Å². The molecule has 2 rings (SSSR count). The van der Waals surface area contributed by atoms with Crippen LogP contribution in [0.4, 0.5) is 11.4 Å². The second-order valence-corrected chi connectivity index (χ2v) is 4.55. The molecule has 4 nitrogen and oxygen atoms in total. The van der Waals surface area contributed by atoms with Gasteiger partial charge >= 0.3 is 0 Å². The highest BCUT2D eigenvalue weighted by atomic mass is 16.2. The minimum atomic E-state index is -0.000557. The molecule has 0 unspecified atom stereocenters. The molecule has 1 aliphatic heterocycles. The summed E-state index contributed by atoms with van der Waals surface area (Å²) in [4.78, 5) is 24.8. The van der Waals surface area contributed by atoms with Gasteiger partial charge in [-0.25, -0.2) is 0 Å². The summed E-state index contributed by atoms with van der Waals surface area (Å²) in [6, 6.07) is 5.67. The smallest absolute Gasteiger partial charge is 0.227 e. The van der Waals surface area contributed by atoms with Gasteiger partial charge in [-0.05, 0) is 37.1 Å². The number of carbonyl (C=O) groups excluding carboxylic acids is 2. The van der Waals surface area contributed by atoms with Gasteiger partial charge in [-0.1, -0.05) is 6.92 Å². The summed E-state index contributed by atoms with van der Waals surface area (Å²) in [5.74, 6) is 0.183. The lowest BCUT2D eigenvalue weighted by atomic mass is 10.1. The van der Waals surface area contributed by atoms with Crippen LogP contribution in [0.3, 0.4) is 0 Å². The zero-order valence-corrected chi connectivity index (χ0v) is 10.8. The monoisotopic (exact) mass is 246 g/mol. The number of carbonyl (C=O) groups is 2. The summed E-state index contributed by atoms with van der Waals surface area (Å²) in [6.07, 6.45) is 2.02. The van der Waals surface area contributed by atoms with Crippen molar-refractivity contribution >= 4 is 23.2 Å². The molecular formula is C14H18N2O2. The molecular weight excluding hydrogens is 228 g/mol. The molecule has 0 bridgehead atoms. The molecule has 0 aromatic heterocycles. The summed E-state index contributed by atoms with van der Waals surface area (Å²) in [5, 5.41) is 2.82. The van der Waals surface area contributed by atoms with Crippen molar-refractivity contribution in [1.29, 1.82) is 0 Å². The minimum Gasteiger partial charge on any atom is -0.326 e. The molecule has 1 N–H and O–H groups in total. The normalized spacial score (nSPS) is 15.0. The van der Waals surface area contributed by atoms with E-state index >= 15 is 0 Å². The second-order valence-electron chi connectivity index (χ2n) is 4.55. The molecule has 0 atom stereocenters.